The average molecular weight is 331 g/mol. The van der Waals surface area contributed by atoms with E-state index in [9.17, 15) is 4.57 Å². The maximum Gasteiger partial charge on any atom is 0.0903 e. The highest BCUT2D eigenvalue weighted by Gasteiger charge is 2.26. The first kappa shape index (κ1) is 22.2. The number of hydrogen-bond acceptors (Lipinski definition) is 1. The molecule has 0 spiro atoms. The highest BCUT2D eigenvalue weighted by atomic mass is 31.2. The summed E-state index contributed by atoms with van der Waals surface area (Å²) in [6.07, 6.45) is 18.8. The first-order valence-corrected chi connectivity index (χ1v) is 12.3. The van der Waals surface area contributed by atoms with Crippen LogP contribution in [0.3, 0.4) is 0 Å². The Hall–Kier alpha value is 0.230. The Bertz CT molecular complexity index is 255. The second kappa shape index (κ2) is 14.8. The van der Waals surface area contributed by atoms with Crippen LogP contribution in [-0.2, 0) is 4.57 Å². The summed E-state index contributed by atoms with van der Waals surface area (Å²) in [5, 5.41) is 0. The molecule has 2 heteroatoms. The Kier molecular flexibility index (Phi) is 15.0. The van der Waals surface area contributed by atoms with Crippen molar-refractivity contribution in [3.8, 4) is 0 Å². The monoisotopic (exact) mass is 330 g/mol. The standard InChI is InChI=1S/C20H43OP/c1-5-8-10-12-14-16-18-22(21,20(4)7-3)19-17-15-13-11-9-6-2/h20H,5-19H2,1-4H3. The van der Waals surface area contributed by atoms with E-state index in [-0.39, 0.29) is 0 Å². The molecule has 0 amide bonds. The van der Waals surface area contributed by atoms with Gasteiger partial charge in [-0.05, 0) is 19.3 Å². The van der Waals surface area contributed by atoms with Gasteiger partial charge in [-0.25, -0.2) is 0 Å². The van der Waals surface area contributed by atoms with Crippen LogP contribution in [-0.4, -0.2) is 18.0 Å². The number of rotatable bonds is 16. The van der Waals surface area contributed by atoms with Crippen LogP contribution in [0.25, 0.3) is 0 Å². The summed E-state index contributed by atoms with van der Waals surface area (Å²) in [4.78, 5) is 0. The Morgan fingerprint density at radius 3 is 1.36 bits per heavy atom. The van der Waals surface area contributed by atoms with E-state index in [1.807, 2.05) is 0 Å². The lowest BCUT2D eigenvalue weighted by molar-refractivity contribution is 0.551. The normalized spacial score (nSPS) is 13.5. The molecule has 0 radical (unpaired) electrons. The largest absolute Gasteiger partial charge is 0.323 e. The number of unbranched alkanes of at least 4 members (excludes halogenated alkanes) is 10. The van der Waals surface area contributed by atoms with Crippen LogP contribution < -0.4 is 0 Å². The lowest BCUT2D eigenvalue weighted by Gasteiger charge is -2.24. The number of hydrogen-bond donors (Lipinski definition) is 0. The molecule has 1 atom stereocenters. The molecule has 0 saturated carbocycles. The van der Waals surface area contributed by atoms with Gasteiger partial charge in [0.2, 0.25) is 0 Å². The molecule has 1 unspecified atom stereocenters. The predicted molar refractivity (Wildman–Crippen MR) is 104 cm³/mol. The molecular formula is C20H43OP. The van der Waals surface area contributed by atoms with E-state index in [1.165, 1.54) is 77.0 Å². The Labute approximate surface area is 141 Å². The fourth-order valence-corrected chi connectivity index (χ4v) is 6.49. The molecular weight excluding hydrogens is 287 g/mol. The van der Waals surface area contributed by atoms with Crippen molar-refractivity contribution in [3.63, 3.8) is 0 Å². The second-order valence-electron chi connectivity index (χ2n) is 7.19. The first-order chi connectivity index (χ1) is 10.6. The zero-order chi connectivity index (χ0) is 16.7. The van der Waals surface area contributed by atoms with Gasteiger partial charge in [0.05, 0.1) is 7.14 Å². The van der Waals surface area contributed by atoms with Gasteiger partial charge in [0, 0.05) is 18.0 Å². The van der Waals surface area contributed by atoms with Gasteiger partial charge in [0.15, 0.2) is 0 Å². The van der Waals surface area contributed by atoms with Crippen molar-refractivity contribution in [2.45, 2.75) is 117 Å². The van der Waals surface area contributed by atoms with Crippen LogP contribution in [0, 0.1) is 0 Å². The van der Waals surface area contributed by atoms with Crippen LogP contribution >= 0.6 is 7.14 Å². The molecule has 0 fully saturated rings. The zero-order valence-corrected chi connectivity index (χ0v) is 16.9. The van der Waals surface area contributed by atoms with Crippen molar-refractivity contribution < 1.29 is 4.57 Å². The van der Waals surface area contributed by atoms with Crippen LogP contribution in [0.4, 0.5) is 0 Å². The smallest absolute Gasteiger partial charge is 0.0903 e. The molecule has 134 valence electrons. The van der Waals surface area contributed by atoms with Crippen molar-refractivity contribution in [1.82, 2.24) is 0 Å². The fourth-order valence-electron chi connectivity index (χ4n) is 3.20. The predicted octanol–water partition coefficient (Wildman–Crippen LogP) is 7.87. The van der Waals surface area contributed by atoms with E-state index in [1.54, 1.807) is 0 Å². The van der Waals surface area contributed by atoms with Crippen LogP contribution in [0.1, 0.15) is 111 Å². The van der Waals surface area contributed by atoms with E-state index in [4.69, 9.17) is 0 Å². The van der Waals surface area contributed by atoms with Gasteiger partial charge in [-0.1, -0.05) is 91.9 Å². The second-order valence-corrected chi connectivity index (χ2v) is 10.9. The van der Waals surface area contributed by atoms with Gasteiger partial charge in [-0.3, -0.25) is 0 Å². The van der Waals surface area contributed by atoms with Crippen molar-refractivity contribution in [3.05, 3.63) is 0 Å². The summed E-state index contributed by atoms with van der Waals surface area (Å²) in [5.41, 5.74) is 0.443. The van der Waals surface area contributed by atoms with E-state index in [0.29, 0.717) is 5.66 Å². The average Bonchev–Trinajstić information content (AvgIpc) is 2.53. The van der Waals surface area contributed by atoms with Crippen LogP contribution in [0.15, 0.2) is 0 Å². The van der Waals surface area contributed by atoms with E-state index >= 15 is 0 Å². The molecule has 0 rings (SSSR count). The molecule has 0 saturated heterocycles. The molecule has 0 aromatic rings. The maximum absolute atomic E-state index is 13.3. The fraction of sp³-hybridized carbons (Fsp3) is 1.00. The van der Waals surface area contributed by atoms with Gasteiger partial charge >= 0.3 is 0 Å². The van der Waals surface area contributed by atoms with Crippen LogP contribution in [0.2, 0.25) is 0 Å². The topological polar surface area (TPSA) is 17.1 Å². The van der Waals surface area contributed by atoms with Crippen molar-refractivity contribution in [1.29, 1.82) is 0 Å². The highest BCUT2D eigenvalue weighted by Crippen LogP contribution is 2.53. The SMILES string of the molecule is CCCCCCCCP(=O)(CCCCCCCC)C(C)CC. The van der Waals surface area contributed by atoms with Crippen molar-refractivity contribution in [2.24, 2.45) is 0 Å². The summed E-state index contributed by atoms with van der Waals surface area (Å²) < 4.78 is 13.3. The lowest BCUT2D eigenvalue weighted by atomic mass is 10.1. The molecule has 0 aromatic heterocycles. The van der Waals surface area contributed by atoms with E-state index in [2.05, 4.69) is 27.7 Å². The summed E-state index contributed by atoms with van der Waals surface area (Å²) in [6, 6.07) is 0. The summed E-state index contributed by atoms with van der Waals surface area (Å²) in [7, 11) is -1.92. The first-order valence-electron chi connectivity index (χ1n) is 10.2. The molecule has 22 heavy (non-hydrogen) atoms. The zero-order valence-electron chi connectivity index (χ0n) is 16.0. The molecule has 0 aromatic carbocycles. The third-order valence-corrected chi connectivity index (χ3v) is 9.29. The molecule has 0 heterocycles. The van der Waals surface area contributed by atoms with E-state index < -0.39 is 7.14 Å². The minimum absolute atomic E-state index is 0.443. The Balaban J connectivity index is 3.99. The quantitative estimate of drug-likeness (QED) is 0.208. The van der Waals surface area contributed by atoms with Crippen LogP contribution in [0.5, 0.6) is 0 Å². The summed E-state index contributed by atoms with van der Waals surface area (Å²) in [5.74, 6) is 0. The van der Waals surface area contributed by atoms with Gasteiger partial charge in [-0.2, -0.15) is 0 Å². The molecule has 0 aliphatic carbocycles. The highest BCUT2D eigenvalue weighted by molar-refractivity contribution is 7.64. The van der Waals surface area contributed by atoms with Crippen molar-refractivity contribution >= 4 is 7.14 Å². The maximum atomic E-state index is 13.3. The van der Waals surface area contributed by atoms with E-state index in [0.717, 1.165) is 18.7 Å². The molecule has 0 aliphatic heterocycles. The molecule has 0 bridgehead atoms. The Morgan fingerprint density at radius 2 is 1.00 bits per heavy atom. The molecule has 0 N–H and O–H groups in total. The van der Waals surface area contributed by atoms with Gasteiger partial charge in [0.25, 0.3) is 0 Å². The minimum Gasteiger partial charge on any atom is -0.323 e. The van der Waals surface area contributed by atoms with Crippen molar-refractivity contribution in [2.75, 3.05) is 12.3 Å². The van der Waals surface area contributed by atoms with Gasteiger partial charge < -0.3 is 4.57 Å². The summed E-state index contributed by atoms with van der Waals surface area (Å²) in [6.45, 7) is 8.96. The third kappa shape index (κ3) is 10.9. The molecule has 0 aliphatic rings. The third-order valence-electron chi connectivity index (χ3n) is 5.17. The van der Waals surface area contributed by atoms with Gasteiger partial charge in [-0.15, -0.1) is 0 Å². The molecule has 1 nitrogen and oxygen atoms in total. The van der Waals surface area contributed by atoms with Gasteiger partial charge in [0.1, 0.15) is 0 Å². The lowest BCUT2D eigenvalue weighted by Crippen LogP contribution is -2.09. The summed E-state index contributed by atoms with van der Waals surface area (Å²) >= 11 is 0. The Morgan fingerprint density at radius 1 is 0.636 bits per heavy atom. The minimum atomic E-state index is -1.92.